The van der Waals surface area contributed by atoms with Crippen molar-refractivity contribution in [2.24, 2.45) is 0 Å². The van der Waals surface area contributed by atoms with Crippen molar-refractivity contribution in [2.45, 2.75) is 52.1 Å². The average Bonchev–Trinajstić information content (AvgIpc) is 2.44. The van der Waals surface area contributed by atoms with Crippen LogP contribution in [0.15, 0.2) is 17.9 Å². The summed E-state index contributed by atoms with van der Waals surface area (Å²) in [6.45, 7) is 13.0. The smallest absolute Gasteiger partial charge is 0.302 e. The van der Waals surface area contributed by atoms with Crippen molar-refractivity contribution in [1.82, 2.24) is 0 Å². The summed E-state index contributed by atoms with van der Waals surface area (Å²) in [5.41, 5.74) is 3.05. The van der Waals surface area contributed by atoms with Gasteiger partial charge in [-0.1, -0.05) is 0 Å². The van der Waals surface area contributed by atoms with Gasteiger partial charge in [-0.05, 0) is 38.3 Å². The van der Waals surface area contributed by atoms with Gasteiger partial charge in [-0.15, -0.1) is 5.73 Å². The Morgan fingerprint density at radius 1 is 0.800 bits per heavy atom. The Morgan fingerprint density at radius 2 is 1.16 bits per heavy atom. The van der Waals surface area contributed by atoms with Crippen LogP contribution in [0.1, 0.15) is 13.8 Å². The predicted octanol–water partition coefficient (Wildman–Crippen LogP) is 3.27. The molecule has 0 aromatic rings. The molecule has 0 spiro atoms. The van der Waals surface area contributed by atoms with E-state index >= 15 is 0 Å². The third kappa shape index (κ3) is 16.1. The van der Waals surface area contributed by atoms with E-state index in [-0.39, 0.29) is 11.9 Å². The number of hydrogen-bond acceptors (Lipinski definition) is 6. The highest BCUT2D eigenvalue weighted by molar-refractivity contribution is 6.71. The van der Waals surface area contributed by atoms with Crippen LogP contribution in [-0.2, 0) is 27.9 Å². The fraction of sp³-hybridized carbons (Fsp3) is 0.706. The van der Waals surface area contributed by atoms with Crippen LogP contribution in [0.5, 0.6) is 0 Å². The first-order valence-electron chi connectivity index (χ1n) is 8.48. The van der Waals surface area contributed by atoms with Crippen molar-refractivity contribution in [3.63, 3.8) is 0 Å². The third-order valence-corrected chi connectivity index (χ3v) is 8.08. The summed E-state index contributed by atoms with van der Waals surface area (Å²) in [6.07, 6.45) is 3.66. The first kappa shape index (κ1) is 23.8. The molecule has 0 aliphatic carbocycles. The molecule has 0 unspecified atom stereocenters. The van der Waals surface area contributed by atoms with Gasteiger partial charge in [-0.2, -0.15) is 0 Å². The summed E-state index contributed by atoms with van der Waals surface area (Å²) in [4.78, 5) is 21.5. The van der Waals surface area contributed by atoms with Gasteiger partial charge in [0.05, 0.1) is 26.4 Å². The summed E-state index contributed by atoms with van der Waals surface area (Å²) in [5.74, 6) is -0.515. The number of hydrogen-bond donors (Lipinski definition) is 0. The van der Waals surface area contributed by atoms with E-state index in [4.69, 9.17) is 18.3 Å². The summed E-state index contributed by atoms with van der Waals surface area (Å²) in [6, 6.07) is 1.55. The maximum Gasteiger partial charge on any atom is 0.302 e. The molecule has 0 aromatic heterocycles. The van der Waals surface area contributed by atoms with Crippen molar-refractivity contribution in [1.29, 1.82) is 0 Å². The lowest BCUT2D eigenvalue weighted by molar-refractivity contribution is -0.141. The molecule has 144 valence electrons. The van der Waals surface area contributed by atoms with E-state index in [0.29, 0.717) is 26.4 Å². The van der Waals surface area contributed by atoms with Crippen LogP contribution in [0, 0.1) is 0 Å². The molecule has 0 amide bonds. The van der Waals surface area contributed by atoms with Crippen molar-refractivity contribution in [3.05, 3.63) is 17.9 Å². The number of carbonyl (C=O) groups is 2. The second kappa shape index (κ2) is 12.2. The molecule has 25 heavy (non-hydrogen) atoms. The molecule has 0 rings (SSSR count). The van der Waals surface area contributed by atoms with Gasteiger partial charge in [0.25, 0.3) is 0 Å². The maximum absolute atomic E-state index is 10.8. The van der Waals surface area contributed by atoms with E-state index in [1.54, 1.807) is 0 Å². The van der Waals surface area contributed by atoms with Gasteiger partial charge in [0, 0.05) is 25.9 Å². The standard InChI is InChI=1S/C17H32O6Si2/c1-16(18)20-12-14-24(3,4)22-10-8-7-9-11-23-25(5,6)15-13-21-17(2)19/h8-9H,10-15H2,1-6H3. The Hall–Kier alpha value is -1.19. The Kier molecular flexibility index (Phi) is 11.6. The fourth-order valence-electron chi connectivity index (χ4n) is 1.74. The van der Waals surface area contributed by atoms with Gasteiger partial charge < -0.3 is 18.3 Å². The summed E-state index contributed by atoms with van der Waals surface area (Å²) >= 11 is 0. The number of carbonyl (C=O) groups excluding carboxylic acids is 2. The maximum atomic E-state index is 10.8. The Morgan fingerprint density at radius 3 is 1.48 bits per heavy atom. The van der Waals surface area contributed by atoms with Gasteiger partial charge in [-0.25, -0.2) is 0 Å². The van der Waals surface area contributed by atoms with Crippen LogP contribution in [0.4, 0.5) is 0 Å². The van der Waals surface area contributed by atoms with Gasteiger partial charge in [0.15, 0.2) is 16.6 Å². The van der Waals surface area contributed by atoms with Gasteiger partial charge in [0.2, 0.25) is 0 Å². The molecule has 6 nitrogen and oxygen atoms in total. The minimum Gasteiger partial charge on any atom is -0.466 e. The average molecular weight is 389 g/mol. The molecule has 0 radical (unpaired) electrons. The molecule has 0 saturated carbocycles. The summed E-state index contributed by atoms with van der Waals surface area (Å²) < 4.78 is 21.6. The minimum atomic E-state index is -1.82. The molecule has 0 saturated heterocycles. The van der Waals surface area contributed by atoms with E-state index in [0.717, 1.165) is 12.1 Å². The van der Waals surface area contributed by atoms with E-state index in [1.807, 2.05) is 12.2 Å². The van der Waals surface area contributed by atoms with Crippen molar-refractivity contribution < 1.29 is 27.9 Å². The van der Waals surface area contributed by atoms with E-state index in [2.05, 4.69) is 31.9 Å². The number of esters is 2. The molecule has 0 N–H and O–H groups in total. The molecule has 0 bridgehead atoms. The third-order valence-electron chi connectivity index (χ3n) is 3.37. The molecule has 0 aromatic carbocycles. The lowest BCUT2D eigenvalue weighted by Gasteiger charge is -2.21. The lowest BCUT2D eigenvalue weighted by Crippen LogP contribution is -2.32. The fourth-order valence-corrected chi connectivity index (χ4v) is 4.28. The van der Waals surface area contributed by atoms with Crippen molar-refractivity contribution in [2.75, 3.05) is 26.4 Å². The van der Waals surface area contributed by atoms with E-state index in [9.17, 15) is 9.59 Å². The zero-order chi connectivity index (χ0) is 19.3. The molecule has 0 heterocycles. The Bertz CT molecular complexity index is 442. The van der Waals surface area contributed by atoms with Crippen molar-refractivity contribution >= 4 is 28.6 Å². The number of rotatable bonds is 12. The molecule has 0 fully saturated rings. The first-order valence-corrected chi connectivity index (χ1v) is 14.7. The molecule has 0 aliphatic heterocycles. The Labute approximate surface area is 153 Å². The normalized spacial score (nSPS) is 11.4. The summed E-state index contributed by atoms with van der Waals surface area (Å²) in [5, 5.41) is 0. The second-order valence-corrected chi connectivity index (χ2v) is 15.5. The predicted molar refractivity (Wildman–Crippen MR) is 102 cm³/mol. The topological polar surface area (TPSA) is 71.1 Å². The highest BCUT2D eigenvalue weighted by atomic mass is 28.4. The molecular weight excluding hydrogens is 356 g/mol. The minimum absolute atomic E-state index is 0.257. The van der Waals surface area contributed by atoms with Crippen LogP contribution in [-0.4, -0.2) is 55.0 Å². The van der Waals surface area contributed by atoms with Gasteiger partial charge >= 0.3 is 11.9 Å². The van der Waals surface area contributed by atoms with Crippen LogP contribution >= 0.6 is 0 Å². The van der Waals surface area contributed by atoms with Gasteiger partial charge in [0.1, 0.15) is 0 Å². The van der Waals surface area contributed by atoms with Crippen LogP contribution < -0.4 is 0 Å². The molecule has 8 heteroatoms. The second-order valence-electron chi connectivity index (χ2n) is 6.90. The summed E-state index contributed by atoms with van der Waals surface area (Å²) in [7, 11) is -3.64. The van der Waals surface area contributed by atoms with Crippen LogP contribution in [0.3, 0.4) is 0 Å². The highest BCUT2D eigenvalue weighted by Gasteiger charge is 2.22. The SMILES string of the molecule is CC(=O)OCC[Si](C)(C)OCC=C=CCO[Si](C)(C)CCOC(C)=O. The highest BCUT2D eigenvalue weighted by Crippen LogP contribution is 2.12. The number of ether oxygens (including phenoxy) is 2. The molecular formula is C17H32O6Si2. The van der Waals surface area contributed by atoms with Crippen LogP contribution in [0.25, 0.3) is 0 Å². The molecule has 0 atom stereocenters. The first-order chi connectivity index (χ1) is 11.5. The van der Waals surface area contributed by atoms with E-state index < -0.39 is 16.6 Å². The quantitative estimate of drug-likeness (QED) is 0.290. The zero-order valence-electron chi connectivity index (χ0n) is 16.3. The van der Waals surface area contributed by atoms with Gasteiger partial charge in [-0.3, -0.25) is 9.59 Å². The lowest BCUT2D eigenvalue weighted by atomic mass is 10.5. The molecule has 0 aliphatic rings. The van der Waals surface area contributed by atoms with E-state index in [1.165, 1.54) is 13.8 Å². The Balaban J connectivity index is 3.97. The monoisotopic (exact) mass is 388 g/mol. The largest absolute Gasteiger partial charge is 0.466 e. The zero-order valence-corrected chi connectivity index (χ0v) is 18.3. The van der Waals surface area contributed by atoms with Crippen molar-refractivity contribution in [3.8, 4) is 0 Å². The van der Waals surface area contributed by atoms with Crippen LogP contribution in [0.2, 0.25) is 38.3 Å².